The molecular formula is C26H23Cl5O4. The lowest BCUT2D eigenvalue weighted by Crippen LogP contribution is -2.13. The lowest BCUT2D eigenvalue weighted by molar-refractivity contribution is -0.134. The summed E-state index contributed by atoms with van der Waals surface area (Å²) in [5.74, 6) is -0.0812. The minimum Gasteiger partial charge on any atom is -0.508 e. The number of hydrogen-bond acceptors (Lipinski definition) is 4. The SMILES string of the molecule is CC[C@@H](c1ccc(O)cc1)[C@H](CCCC(=O)Oc1c(Cl)c(Cl)c(Cl)c(Cl)c1Cl)c1ccc(O)cc1. The van der Waals surface area contributed by atoms with E-state index in [0.29, 0.717) is 12.8 Å². The van der Waals surface area contributed by atoms with Crippen LogP contribution in [0.4, 0.5) is 0 Å². The smallest absolute Gasteiger partial charge is 0.311 e. The summed E-state index contributed by atoms with van der Waals surface area (Å²) in [6.07, 6.45) is 2.13. The summed E-state index contributed by atoms with van der Waals surface area (Å²) in [6, 6.07) is 14.2. The van der Waals surface area contributed by atoms with Gasteiger partial charge in [-0.2, -0.15) is 0 Å². The molecule has 2 atom stereocenters. The van der Waals surface area contributed by atoms with Crippen molar-refractivity contribution in [3.05, 3.63) is 84.8 Å². The van der Waals surface area contributed by atoms with E-state index in [0.717, 1.165) is 17.5 Å². The molecule has 4 nitrogen and oxygen atoms in total. The number of carbonyl (C=O) groups excluding carboxylic acids is 1. The standard InChI is InChI=1S/C26H23Cl5O4/c1-2-18(14-6-10-16(32)11-7-14)19(15-8-12-17(33)13-9-15)4-3-5-20(34)35-26-24(30)22(28)21(27)23(29)25(26)31/h6-13,18-19,32-33H,2-5H2,1H3/t18-,19+/m0/s1. The van der Waals surface area contributed by atoms with Gasteiger partial charge in [-0.3, -0.25) is 4.79 Å². The lowest BCUT2D eigenvalue weighted by Gasteiger charge is -2.27. The van der Waals surface area contributed by atoms with E-state index in [1.807, 2.05) is 24.3 Å². The molecule has 2 N–H and O–H groups in total. The maximum absolute atomic E-state index is 12.6. The van der Waals surface area contributed by atoms with E-state index >= 15 is 0 Å². The predicted molar refractivity (Wildman–Crippen MR) is 143 cm³/mol. The van der Waals surface area contributed by atoms with Crippen molar-refractivity contribution >= 4 is 64.0 Å². The van der Waals surface area contributed by atoms with Crippen molar-refractivity contribution in [1.82, 2.24) is 0 Å². The van der Waals surface area contributed by atoms with Crippen LogP contribution in [0.5, 0.6) is 17.2 Å². The van der Waals surface area contributed by atoms with Gasteiger partial charge in [0.15, 0.2) is 5.75 Å². The maximum Gasteiger partial charge on any atom is 0.311 e. The van der Waals surface area contributed by atoms with Crippen molar-refractivity contribution in [1.29, 1.82) is 0 Å². The van der Waals surface area contributed by atoms with E-state index in [2.05, 4.69) is 6.92 Å². The Morgan fingerprint density at radius 2 is 1.17 bits per heavy atom. The van der Waals surface area contributed by atoms with Gasteiger partial charge >= 0.3 is 5.97 Å². The molecule has 3 aromatic carbocycles. The van der Waals surface area contributed by atoms with Crippen LogP contribution in [-0.2, 0) is 4.79 Å². The van der Waals surface area contributed by atoms with E-state index < -0.39 is 5.97 Å². The molecule has 3 rings (SSSR count). The zero-order valence-electron chi connectivity index (χ0n) is 18.7. The number of benzene rings is 3. The molecule has 0 aliphatic carbocycles. The second-order valence-corrected chi connectivity index (χ2v) is 9.96. The van der Waals surface area contributed by atoms with Crippen LogP contribution in [-0.4, -0.2) is 16.2 Å². The Kier molecular flexibility index (Phi) is 9.86. The zero-order chi connectivity index (χ0) is 25.7. The van der Waals surface area contributed by atoms with Crippen LogP contribution in [0.15, 0.2) is 48.5 Å². The van der Waals surface area contributed by atoms with Gasteiger partial charge in [0.1, 0.15) is 21.5 Å². The van der Waals surface area contributed by atoms with Gasteiger partial charge in [-0.1, -0.05) is 89.2 Å². The quantitative estimate of drug-likeness (QED) is 0.115. The molecule has 186 valence electrons. The van der Waals surface area contributed by atoms with Gasteiger partial charge in [-0.15, -0.1) is 0 Å². The first-order chi connectivity index (χ1) is 16.6. The third kappa shape index (κ3) is 6.69. The zero-order valence-corrected chi connectivity index (χ0v) is 22.5. The fourth-order valence-corrected chi connectivity index (χ4v) is 5.30. The molecule has 0 aromatic heterocycles. The highest BCUT2D eigenvalue weighted by Crippen LogP contribution is 2.48. The summed E-state index contributed by atoms with van der Waals surface area (Å²) >= 11 is 30.4. The van der Waals surface area contributed by atoms with Gasteiger partial charge in [0, 0.05) is 6.42 Å². The average molecular weight is 577 g/mol. The second-order valence-electron chi connectivity index (χ2n) is 8.07. The van der Waals surface area contributed by atoms with Gasteiger partial charge in [0.2, 0.25) is 0 Å². The van der Waals surface area contributed by atoms with E-state index in [4.69, 9.17) is 62.7 Å². The number of aromatic hydroxyl groups is 2. The molecule has 0 spiro atoms. The molecule has 0 saturated carbocycles. The molecule has 0 fully saturated rings. The van der Waals surface area contributed by atoms with Crippen molar-refractivity contribution in [3.8, 4) is 17.2 Å². The third-order valence-electron chi connectivity index (χ3n) is 5.85. The highest BCUT2D eigenvalue weighted by atomic mass is 35.5. The number of halogens is 5. The summed E-state index contributed by atoms with van der Waals surface area (Å²) in [5, 5.41) is 19.2. The molecule has 0 aliphatic heterocycles. The Morgan fingerprint density at radius 3 is 1.63 bits per heavy atom. The van der Waals surface area contributed by atoms with Gasteiger partial charge in [0.05, 0.1) is 15.1 Å². The Morgan fingerprint density at radius 1 is 0.743 bits per heavy atom. The first-order valence-corrected chi connectivity index (χ1v) is 12.8. The first kappa shape index (κ1) is 27.8. The molecule has 35 heavy (non-hydrogen) atoms. The Bertz CT molecular complexity index is 1150. The van der Waals surface area contributed by atoms with Crippen LogP contribution in [0.1, 0.15) is 55.6 Å². The van der Waals surface area contributed by atoms with Crippen molar-refractivity contribution in [2.45, 2.75) is 44.4 Å². The highest BCUT2D eigenvalue weighted by Gasteiger charge is 2.25. The molecule has 3 aromatic rings. The molecule has 0 unspecified atom stereocenters. The summed E-state index contributed by atoms with van der Waals surface area (Å²) in [7, 11) is 0. The van der Waals surface area contributed by atoms with Gasteiger partial charge < -0.3 is 14.9 Å². The van der Waals surface area contributed by atoms with E-state index in [9.17, 15) is 15.0 Å². The van der Waals surface area contributed by atoms with Crippen LogP contribution < -0.4 is 4.74 Å². The molecule has 0 saturated heterocycles. The molecule has 0 heterocycles. The summed E-state index contributed by atoms with van der Waals surface area (Å²) in [4.78, 5) is 12.6. The monoisotopic (exact) mass is 574 g/mol. The van der Waals surface area contributed by atoms with Crippen LogP contribution in [0.25, 0.3) is 0 Å². The van der Waals surface area contributed by atoms with Crippen molar-refractivity contribution in [2.24, 2.45) is 0 Å². The molecule has 0 amide bonds. The van der Waals surface area contributed by atoms with Crippen molar-refractivity contribution < 1.29 is 19.7 Å². The fourth-order valence-electron chi connectivity index (χ4n) is 4.10. The van der Waals surface area contributed by atoms with Crippen LogP contribution >= 0.6 is 58.0 Å². The number of hydrogen-bond donors (Lipinski definition) is 2. The summed E-state index contributed by atoms with van der Waals surface area (Å²) in [5.41, 5.74) is 2.12. The summed E-state index contributed by atoms with van der Waals surface area (Å²) in [6.45, 7) is 2.09. The normalized spacial score (nSPS) is 12.9. The molecule has 0 radical (unpaired) electrons. The van der Waals surface area contributed by atoms with Gasteiger partial charge in [-0.05, 0) is 66.5 Å². The Balaban J connectivity index is 1.76. The summed E-state index contributed by atoms with van der Waals surface area (Å²) < 4.78 is 5.39. The second kappa shape index (κ2) is 12.4. The average Bonchev–Trinajstić information content (AvgIpc) is 2.85. The van der Waals surface area contributed by atoms with Crippen LogP contribution in [0.2, 0.25) is 25.1 Å². The van der Waals surface area contributed by atoms with E-state index in [1.165, 1.54) is 0 Å². The van der Waals surface area contributed by atoms with Crippen LogP contribution in [0, 0.1) is 0 Å². The number of rotatable bonds is 9. The molecule has 9 heteroatoms. The molecule has 0 aliphatic rings. The fraction of sp³-hybridized carbons (Fsp3) is 0.269. The van der Waals surface area contributed by atoms with Crippen LogP contribution in [0.3, 0.4) is 0 Å². The van der Waals surface area contributed by atoms with Crippen molar-refractivity contribution in [3.63, 3.8) is 0 Å². The third-order valence-corrected chi connectivity index (χ3v) is 8.09. The number of phenols is 2. The Labute approximate surface area is 229 Å². The van der Waals surface area contributed by atoms with Gasteiger partial charge in [0.25, 0.3) is 0 Å². The molecular weight excluding hydrogens is 554 g/mol. The Hall–Kier alpha value is -1.82. The van der Waals surface area contributed by atoms with Gasteiger partial charge in [-0.25, -0.2) is 0 Å². The largest absolute Gasteiger partial charge is 0.508 e. The number of ether oxygens (including phenoxy) is 1. The topological polar surface area (TPSA) is 66.8 Å². The lowest BCUT2D eigenvalue weighted by atomic mass is 9.77. The highest BCUT2D eigenvalue weighted by molar-refractivity contribution is 6.55. The molecule has 0 bridgehead atoms. The van der Waals surface area contributed by atoms with E-state index in [-0.39, 0.29) is 60.6 Å². The number of phenolic OH excluding ortho intramolecular Hbond substituents is 2. The van der Waals surface area contributed by atoms with Crippen molar-refractivity contribution in [2.75, 3.05) is 0 Å². The predicted octanol–water partition coefficient (Wildman–Crippen LogP) is 9.42. The first-order valence-electron chi connectivity index (χ1n) is 10.9. The minimum atomic E-state index is -0.537. The number of carbonyl (C=O) groups is 1. The number of esters is 1. The maximum atomic E-state index is 12.6. The minimum absolute atomic E-state index is 0.0142. The van der Waals surface area contributed by atoms with E-state index in [1.54, 1.807) is 24.3 Å².